The molecule has 0 saturated heterocycles. The van der Waals surface area contributed by atoms with Gasteiger partial charge in [-0.25, -0.2) is 0 Å². The van der Waals surface area contributed by atoms with Crippen LogP contribution in [-0.4, -0.2) is 9.97 Å². The van der Waals surface area contributed by atoms with Gasteiger partial charge in [0.05, 0.1) is 0 Å². The molecular formula is C44H32IrN2O2-2. The van der Waals surface area contributed by atoms with Gasteiger partial charge in [0, 0.05) is 59.6 Å². The zero-order valence-electron chi connectivity index (χ0n) is 27.6. The third-order valence-corrected chi connectivity index (χ3v) is 8.90. The molecular weight excluding hydrogens is 781 g/mol. The molecule has 9 rings (SSSR count). The fourth-order valence-corrected chi connectivity index (χ4v) is 6.43. The third kappa shape index (κ3) is 5.86. The third-order valence-electron chi connectivity index (χ3n) is 8.90. The zero-order chi connectivity index (χ0) is 32.8. The Morgan fingerprint density at radius 2 is 1.14 bits per heavy atom. The van der Waals surface area contributed by atoms with E-state index in [4.69, 9.17) is 13.8 Å². The summed E-state index contributed by atoms with van der Waals surface area (Å²) in [5.74, 6) is 0. The van der Waals surface area contributed by atoms with E-state index < -0.39 is 0 Å². The van der Waals surface area contributed by atoms with Crippen LogP contribution in [0, 0.1) is 39.8 Å². The normalized spacial score (nSPS) is 11.1. The van der Waals surface area contributed by atoms with Gasteiger partial charge in [0.1, 0.15) is 22.3 Å². The minimum absolute atomic E-state index is 0. The average molecular weight is 813 g/mol. The number of nitrogens with zero attached hydrogens (tertiary/aromatic N) is 2. The summed E-state index contributed by atoms with van der Waals surface area (Å²) < 4.78 is 13.1. The second-order valence-corrected chi connectivity index (χ2v) is 12.3. The van der Waals surface area contributed by atoms with Crippen molar-refractivity contribution in [3.8, 4) is 33.6 Å². The van der Waals surface area contributed by atoms with Crippen LogP contribution >= 0.6 is 0 Å². The van der Waals surface area contributed by atoms with Gasteiger partial charge >= 0.3 is 0 Å². The van der Waals surface area contributed by atoms with Crippen LogP contribution in [0.5, 0.6) is 0 Å². The SMILES string of the molecule is Cc1ccc(-c2[c-]cccc2)nc1.Cc1cnc(-c2[c-]cccc2)cc1-c1cc2oc3c(C)cccc3c2c2c1oc1c(C)cccc12.[Ir]. The monoisotopic (exact) mass is 813 g/mol. The van der Waals surface area contributed by atoms with Crippen LogP contribution in [0.15, 0.2) is 130 Å². The maximum absolute atomic E-state index is 6.66. The number of benzene rings is 5. The molecule has 0 amide bonds. The fourth-order valence-electron chi connectivity index (χ4n) is 6.43. The first-order valence-corrected chi connectivity index (χ1v) is 16.1. The van der Waals surface area contributed by atoms with E-state index in [1.54, 1.807) is 0 Å². The van der Waals surface area contributed by atoms with Crippen molar-refractivity contribution in [3.05, 3.63) is 156 Å². The maximum Gasteiger partial charge on any atom is 0.144 e. The number of rotatable bonds is 3. The molecule has 0 aliphatic carbocycles. The summed E-state index contributed by atoms with van der Waals surface area (Å²) in [7, 11) is 0. The molecule has 0 saturated carbocycles. The summed E-state index contributed by atoms with van der Waals surface area (Å²) in [4.78, 5) is 9.01. The molecule has 0 aliphatic rings. The van der Waals surface area contributed by atoms with Gasteiger partial charge in [-0.3, -0.25) is 0 Å². The summed E-state index contributed by atoms with van der Waals surface area (Å²) in [6.07, 6.45) is 3.80. The van der Waals surface area contributed by atoms with E-state index in [1.165, 1.54) is 5.56 Å². The van der Waals surface area contributed by atoms with Crippen molar-refractivity contribution in [2.45, 2.75) is 27.7 Å². The Kier molecular flexibility index (Phi) is 8.73. The second kappa shape index (κ2) is 13.3. The Balaban J connectivity index is 0.000000228. The average Bonchev–Trinajstić information content (AvgIpc) is 3.70. The summed E-state index contributed by atoms with van der Waals surface area (Å²) in [5, 5.41) is 4.44. The largest absolute Gasteiger partial charge is 0.456 e. The van der Waals surface area contributed by atoms with Gasteiger partial charge in [0.25, 0.3) is 0 Å². The Morgan fingerprint density at radius 1 is 0.510 bits per heavy atom. The minimum Gasteiger partial charge on any atom is -0.456 e. The first kappa shape index (κ1) is 32.2. The van der Waals surface area contributed by atoms with Crippen molar-refractivity contribution in [1.82, 2.24) is 9.97 Å². The summed E-state index contributed by atoms with van der Waals surface area (Å²) >= 11 is 0. The molecule has 4 aromatic heterocycles. The molecule has 0 atom stereocenters. The van der Waals surface area contributed by atoms with Crippen molar-refractivity contribution < 1.29 is 28.9 Å². The number of aromatic nitrogens is 2. The maximum atomic E-state index is 6.66. The van der Waals surface area contributed by atoms with E-state index in [9.17, 15) is 0 Å². The van der Waals surface area contributed by atoms with Gasteiger partial charge in [0.15, 0.2) is 0 Å². The molecule has 49 heavy (non-hydrogen) atoms. The van der Waals surface area contributed by atoms with Crippen molar-refractivity contribution in [1.29, 1.82) is 0 Å². The number of hydrogen-bond donors (Lipinski definition) is 0. The van der Waals surface area contributed by atoms with Crippen LogP contribution in [0.1, 0.15) is 22.3 Å². The molecule has 0 N–H and O–H groups in total. The van der Waals surface area contributed by atoms with Crippen LogP contribution < -0.4 is 0 Å². The van der Waals surface area contributed by atoms with Crippen LogP contribution in [0.4, 0.5) is 0 Å². The van der Waals surface area contributed by atoms with Crippen LogP contribution in [0.25, 0.3) is 77.5 Å². The molecule has 241 valence electrons. The summed E-state index contributed by atoms with van der Waals surface area (Å²) in [5.41, 5.74) is 14.0. The van der Waals surface area contributed by atoms with E-state index in [0.29, 0.717) is 0 Å². The Hall–Kier alpha value is -5.35. The number of aryl methyl sites for hydroxylation is 4. The standard InChI is InChI=1S/C32H22NO2.C12H10N.Ir/c1-18-9-7-13-22-28-27(34-30(18)22)16-25(32-29(28)23-14-8-10-19(2)31(23)35-32)24-15-26(33-17-20(24)3)21-11-5-4-6-12-21;1-10-7-8-12(13-9-10)11-5-3-2-4-6-11;/h4-11,13-17H,1-3H3;2-5,7-9H,1H3;/q2*-1;. The summed E-state index contributed by atoms with van der Waals surface area (Å²) in [6, 6.07) is 43.2. The fraction of sp³-hybridized carbons (Fsp3) is 0.0909. The first-order valence-electron chi connectivity index (χ1n) is 16.1. The molecule has 0 aliphatic heterocycles. The topological polar surface area (TPSA) is 52.1 Å². The van der Waals surface area contributed by atoms with E-state index in [1.807, 2.05) is 73.9 Å². The molecule has 5 heteroatoms. The Bertz CT molecular complexity index is 2590. The molecule has 5 aromatic carbocycles. The number of fused-ring (bicyclic) bond motifs is 7. The van der Waals surface area contributed by atoms with Crippen molar-refractivity contribution in [3.63, 3.8) is 0 Å². The molecule has 0 bridgehead atoms. The van der Waals surface area contributed by atoms with Gasteiger partial charge in [0.2, 0.25) is 0 Å². The number of pyridine rings is 2. The molecule has 0 fully saturated rings. The van der Waals surface area contributed by atoms with Crippen molar-refractivity contribution >= 4 is 43.9 Å². The van der Waals surface area contributed by atoms with Gasteiger partial charge in [-0.2, -0.15) is 0 Å². The van der Waals surface area contributed by atoms with Gasteiger partial charge in [-0.15, -0.1) is 71.8 Å². The molecule has 9 aromatic rings. The number of furan rings is 2. The second-order valence-electron chi connectivity index (χ2n) is 12.3. The molecule has 0 unspecified atom stereocenters. The molecule has 0 spiro atoms. The smallest absolute Gasteiger partial charge is 0.144 e. The Labute approximate surface area is 298 Å². The number of hydrogen-bond acceptors (Lipinski definition) is 4. The molecule has 4 heterocycles. The van der Waals surface area contributed by atoms with Crippen LogP contribution in [0.3, 0.4) is 0 Å². The van der Waals surface area contributed by atoms with E-state index in [-0.39, 0.29) is 20.1 Å². The van der Waals surface area contributed by atoms with Crippen LogP contribution in [-0.2, 0) is 20.1 Å². The molecule has 1 radical (unpaired) electrons. The van der Waals surface area contributed by atoms with E-state index in [0.717, 1.165) is 94.2 Å². The minimum atomic E-state index is 0. The zero-order valence-corrected chi connectivity index (χ0v) is 30.0. The summed E-state index contributed by atoms with van der Waals surface area (Å²) in [6.45, 7) is 8.31. The van der Waals surface area contributed by atoms with Gasteiger partial charge in [-0.1, -0.05) is 54.6 Å². The number of para-hydroxylation sites is 2. The first-order chi connectivity index (χ1) is 23.5. The quantitative estimate of drug-likeness (QED) is 0.167. The van der Waals surface area contributed by atoms with Gasteiger partial charge < -0.3 is 18.8 Å². The van der Waals surface area contributed by atoms with Crippen LogP contribution in [0.2, 0.25) is 0 Å². The van der Waals surface area contributed by atoms with E-state index in [2.05, 4.69) is 92.5 Å². The molecule has 4 nitrogen and oxygen atoms in total. The Morgan fingerprint density at radius 3 is 1.78 bits per heavy atom. The van der Waals surface area contributed by atoms with Gasteiger partial charge in [-0.05, 0) is 73.0 Å². The predicted molar refractivity (Wildman–Crippen MR) is 196 cm³/mol. The van der Waals surface area contributed by atoms with Crippen molar-refractivity contribution in [2.24, 2.45) is 0 Å². The predicted octanol–water partition coefficient (Wildman–Crippen LogP) is 11.8. The van der Waals surface area contributed by atoms with E-state index >= 15 is 0 Å². The van der Waals surface area contributed by atoms with Crippen molar-refractivity contribution in [2.75, 3.05) is 0 Å².